The summed E-state index contributed by atoms with van der Waals surface area (Å²) >= 11 is 0. The highest BCUT2D eigenvalue weighted by atomic mass is 16.7. The lowest BCUT2D eigenvalue weighted by Gasteiger charge is -2.46. The molecule has 3 fully saturated rings. The third-order valence-corrected chi connectivity index (χ3v) is 9.14. The Labute approximate surface area is 242 Å². The van der Waals surface area contributed by atoms with Crippen molar-refractivity contribution < 1.29 is 19.4 Å². The van der Waals surface area contributed by atoms with Crippen molar-refractivity contribution in [1.82, 2.24) is 10.2 Å². The number of carbonyl (C=O) groups is 1. The second kappa shape index (κ2) is 11.9. The molecule has 0 radical (unpaired) electrons. The van der Waals surface area contributed by atoms with Crippen molar-refractivity contribution in [2.45, 2.75) is 57.0 Å². The van der Waals surface area contributed by atoms with E-state index in [1.165, 1.54) is 0 Å². The molecule has 0 bridgehead atoms. The topological polar surface area (TPSA) is 100 Å². The molecule has 0 aliphatic carbocycles. The zero-order chi connectivity index (χ0) is 28.4. The number of ether oxygens (including phenoxy) is 2. The number of nitrogens with zero attached hydrogens (tertiary/aromatic N) is 2. The van der Waals surface area contributed by atoms with Gasteiger partial charge < -0.3 is 35.4 Å². The molecule has 1 spiro atoms. The first-order chi connectivity index (χ1) is 20.0. The smallest absolute Gasteiger partial charge is 0.247 e. The molecule has 4 atom stereocenters. The fraction of sp³-hybridized carbons (Fsp3) is 0.424. The van der Waals surface area contributed by atoms with E-state index in [2.05, 4.69) is 34.2 Å². The summed E-state index contributed by atoms with van der Waals surface area (Å²) in [5.74, 6) is 0.227. The number of anilines is 1. The standard InChI is InChI=1S/C33H40N4O4/c1-23-29(20-36-17-15-33(16-18-36)32(39)35-22-37(33)28-5-3-2-4-6-28)40-31(27-13-7-24(19-34)8-14-27)41-30(23)26-11-9-25(21-38)10-12-26/h2-14,23,29-31,38H,15-22,34H2,1H3,(H,35,39). The number of carbonyl (C=O) groups excluding carboxylic acids is 1. The van der Waals surface area contributed by atoms with E-state index in [1.54, 1.807) is 0 Å². The maximum absolute atomic E-state index is 13.1. The van der Waals surface area contributed by atoms with Gasteiger partial charge in [-0.3, -0.25) is 4.79 Å². The van der Waals surface area contributed by atoms with Gasteiger partial charge in [-0.2, -0.15) is 0 Å². The minimum absolute atomic E-state index is 0.0133. The van der Waals surface area contributed by atoms with Crippen LogP contribution in [-0.4, -0.2) is 53.9 Å². The number of nitrogens with two attached hydrogens (primary N) is 1. The van der Waals surface area contributed by atoms with E-state index in [-0.39, 0.29) is 30.6 Å². The molecule has 1 amide bonds. The third-order valence-electron chi connectivity index (χ3n) is 9.14. The number of para-hydroxylation sites is 1. The van der Waals surface area contributed by atoms with Gasteiger partial charge in [-0.1, -0.05) is 73.7 Å². The van der Waals surface area contributed by atoms with Crippen LogP contribution in [0.3, 0.4) is 0 Å². The Balaban J connectivity index is 1.20. The maximum Gasteiger partial charge on any atom is 0.247 e. The van der Waals surface area contributed by atoms with Crippen LogP contribution in [0.2, 0.25) is 0 Å². The van der Waals surface area contributed by atoms with Crippen molar-refractivity contribution in [3.8, 4) is 0 Å². The van der Waals surface area contributed by atoms with E-state index < -0.39 is 11.8 Å². The normalized spacial score (nSPS) is 26.3. The summed E-state index contributed by atoms with van der Waals surface area (Å²) in [6.45, 7) is 5.63. The number of benzene rings is 3. The zero-order valence-electron chi connectivity index (χ0n) is 23.6. The molecule has 3 aliphatic rings. The molecule has 8 heteroatoms. The summed E-state index contributed by atoms with van der Waals surface area (Å²) in [5, 5.41) is 12.6. The van der Waals surface area contributed by atoms with Gasteiger partial charge in [-0.25, -0.2) is 0 Å². The van der Waals surface area contributed by atoms with Gasteiger partial charge in [-0.05, 0) is 41.7 Å². The lowest BCUT2D eigenvalue weighted by Crippen LogP contribution is -2.57. The first kappa shape index (κ1) is 27.9. The first-order valence-electron chi connectivity index (χ1n) is 14.6. The van der Waals surface area contributed by atoms with Gasteiger partial charge in [0.05, 0.1) is 25.5 Å². The number of hydrogen-bond donors (Lipinski definition) is 3. The van der Waals surface area contributed by atoms with Gasteiger partial charge in [0.2, 0.25) is 5.91 Å². The SMILES string of the molecule is CC1C(CN2CCC3(CC2)C(=O)NCN3c2ccccc2)OC(c2ccc(CN)cc2)OC1c1ccc(CO)cc1. The van der Waals surface area contributed by atoms with Crippen LogP contribution in [0.25, 0.3) is 0 Å². The summed E-state index contributed by atoms with van der Waals surface area (Å²) in [5.41, 5.74) is 10.4. The van der Waals surface area contributed by atoms with Gasteiger partial charge in [0, 0.05) is 43.3 Å². The molecule has 3 saturated heterocycles. The Morgan fingerprint density at radius 1 is 0.927 bits per heavy atom. The number of aliphatic hydroxyl groups excluding tert-OH is 1. The van der Waals surface area contributed by atoms with E-state index in [4.69, 9.17) is 15.2 Å². The van der Waals surface area contributed by atoms with Crippen LogP contribution in [0.1, 0.15) is 54.4 Å². The van der Waals surface area contributed by atoms with Crippen molar-refractivity contribution in [3.63, 3.8) is 0 Å². The lowest BCUT2D eigenvalue weighted by atomic mass is 9.84. The average molecular weight is 557 g/mol. The molecule has 216 valence electrons. The molecule has 0 aromatic heterocycles. The molecule has 6 rings (SSSR count). The van der Waals surface area contributed by atoms with E-state index in [9.17, 15) is 9.90 Å². The van der Waals surface area contributed by atoms with E-state index >= 15 is 0 Å². The number of nitrogens with one attached hydrogen (secondary N) is 1. The number of rotatable bonds is 7. The molecule has 3 aromatic carbocycles. The van der Waals surface area contributed by atoms with Crippen molar-refractivity contribution >= 4 is 11.6 Å². The van der Waals surface area contributed by atoms with Gasteiger partial charge in [0.25, 0.3) is 0 Å². The van der Waals surface area contributed by atoms with E-state index in [0.29, 0.717) is 13.2 Å². The Kier molecular flexibility index (Phi) is 8.10. The molecule has 3 aliphatic heterocycles. The highest BCUT2D eigenvalue weighted by Crippen LogP contribution is 2.43. The summed E-state index contributed by atoms with van der Waals surface area (Å²) in [6, 6.07) is 26.3. The van der Waals surface area contributed by atoms with Crippen LogP contribution in [0.4, 0.5) is 5.69 Å². The van der Waals surface area contributed by atoms with E-state index in [1.807, 2.05) is 66.7 Å². The zero-order valence-corrected chi connectivity index (χ0v) is 23.6. The lowest BCUT2D eigenvalue weighted by molar-refractivity contribution is -0.276. The molecule has 0 saturated carbocycles. The van der Waals surface area contributed by atoms with Gasteiger partial charge in [-0.15, -0.1) is 0 Å². The number of hydrogen-bond acceptors (Lipinski definition) is 7. The fourth-order valence-corrected chi connectivity index (χ4v) is 6.53. The Hall–Kier alpha value is -3.27. The number of aliphatic hydroxyl groups is 1. The third kappa shape index (κ3) is 5.50. The van der Waals surface area contributed by atoms with Crippen LogP contribution in [0, 0.1) is 5.92 Å². The molecule has 4 N–H and O–H groups in total. The number of amides is 1. The van der Waals surface area contributed by atoms with Crippen molar-refractivity contribution in [1.29, 1.82) is 0 Å². The molecular formula is C33H40N4O4. The molecule has 8 nitrogen and oxygen atoms in total. The average Bonchev–Trinajstić information content (AvgIpc) is 3.34. The highest BCUT2D eigenvalue weighted by molar-refractivity contribution is 5.93. The van der Waals surface area contributed by atoms with E-state index in [0.717, 1.165) is 60.4 Å². The Morgan fingerprint density at radius 3 is 2.24 bits per heavy atom. The molecule has 41 heavy (non-hydrogen) atoms. The molecule has 4 unspecified atom stereocenters. The predicted molar refractivity (Wildman–Crippen MR) is 158 cm³/mol. The second-order valence-corrected chi connectivity index (χ2v) is 11.5. The van der Waals surface area contributed by atoms with Gasteiger partial charge >= 0.3 is 0 Å². The Bertz CT molecular complexity index is 1310. The largest absolute Gasteiger partial charge is 0.392 e. The Morgan fingerprint density at radius 2 is 1.59 bits per heavy atom. The van der Waals surface area contributed by atoms with Crippen LogP contribution in [0.5, 0.6) is 0 Å². The van der Waals surface area contributed by atoms with Crippen molar-refractivity contribution in [2.24, 2.45) is 11.7 Å². The summed E-state index contributed by atoms with van der Waals surface area (Å²) < 4.78 is 13.3. The number of piperidine rings is 1. The number of likely N-dealkylation sites (tertiary alicyclic amines) is 1. The first-order valence-corrected chi connectivity index (χ1v) is 14.6. The minimum atomic E-state index is -0.510. The second-order valence-electron chi connectivity index (χ2n) is 11.5. The quantitative estimate of drug-likeness (QED) is 0.406. The summed E-state index contributed by atoms with van der Waals surface area (Å²) in [6.07, 6.45) is 0.798. The minimum Gasteiger partial charge on any atom is -0.392 e. The maximum atomic E-state index is 13.1. The van der Waals surface area contributed by atoms with Crippen molar-refractivity contribution in [2.75, 3.05) is 31.2 Å². The van der Waals surface area contributed by atoms with Crippen molar-refractivity contribution in [3.05, 3.63) is 101 Å². The van der Waals surface area contributed by atoms with Crippen LogP contribution >= 0.6 is 0 Å². The van der Waals surface area contributed by atoms with Crippen LogP contribution in [0.15, 0.2) is 78.9 Å². The van der Waals surface area contributed by atoms with Gasteiger partial charge in [0.15, 0.2) is 6.29 Å². The predicted octanol–water partition coefficient (Wildman–Crippen LogP) is 3.86. The highest BCUT2D eigenvalue weighted by Gasteiger charge is 2.51. The fourth-order valence-electron chi connectivity index (χ4n) is 6.53. The molecule has 3 aromatic rings. The summed E-state index contributed by atoms with van der Waals surface area (Å²) in [7, 11) is 0. The summed E-state index contributed by atoms with van der Waals surface area (Å²) in [4.78, 5) is 17.8. The van der Waals surface area contributed by atoms with Crippen LogP contribution < -0.4 is 16.0 Å². The molecular weight excluding hydrogens is 516 g/mol. The van der Waals surface area contributed by atoms with Crippen LogP contribution in [-0.2, 0) is 27.4 Å². The van der Waals surface area contributed by atoms with Gasteiger partial charge in [0.1, 0.15) is 5.54 Å². The monoisotopic (exact) mass is 556 g/mol. The molecule has 3 heterocycles.